The number of fused-ring (bicyclic) bond motifs is 2. The monoisotopic (exact) mass is 450 g/mol. The lowest BCUT2D eigenvalue weighted by Crippen LogP contribution is -2.30. The Morgan fingerprint density at radius 3 is 2.32 bits per heavy atom. The summed E-state index contributed by atoms with van der Waals surface area (Å²) in [4.78, 5) is 33.6. The van der Waals surface area contributed by atoms with Crippen molar-refractivity contribution < 1.29 is 4.79 Å². The molecule has 0 aliphatic carbocycles. The zero-order valence-corrected chi connectivity index (χ0v) is 19.1. The van der Waals surface area contributed by atoms with Gasteiger partial charge in [-0.05, 0) is 35.4 Å². The Balaban J connectivity index is 1.50. The van der Waals surface area contributed by atoms with Crippen molar-refractivity contribution in [2.24, 2.45) is 0 Å². The number of hydrogen-bond acceptors (Lipinski definition) is 3. The minimum absolute atomic E-state index is 0.0652. The van der Waals surface area contributed by atoms with Crippen LogP contribution in [-0.2, 0) is 0 Å². The number of rotatable bonds is 6. The van der Waals surface area contributed by atoms with Crippen LogP contribution in [0.5, 0.6) is 0 Å². The predicted molar refractivity (Wildman–Crippen MR) is 138 cm³/mol. The van der Waals surface area contributed by atoms with Gasteiger partial charge in [0.05, 0.1) is 5.56 Å². The Morgan fingerprint density at radius 1 is 0.912 bits per heavy atom. The van der Waals surface area contributed by atoms with E-state index < -0.39 is 0 Å². The maximum Gasteiger partial charge on any atom is 0.252 e. The fourth-order valence-corrected chi connectivity index (χ4v) is 4.48. The number of para-hydroxylation sites is 2. The maximum atomic E-state index is 13.2. The molecule has 3 N–H and O–H groups in total. The van der Waals surface area contributed by atoms with Gasteiger partial charge in [-0.2, -0.15) is 0 Å². The molecule has 0 saturated carbocycles. The summed E-state index contributed by atoms with van der Waals surface area (Å²) >= 11 is 0. The molecule has 0 aliphatic rings. The SMILES string of the molecule is CN(C)c1ccc([C@@H](CNC(=O)c2cc(=O)[nH]c3ccccc23)c2c[nH]c3ccccc23)cc1. The van der Waals surface area contributed by atoms with Crippen molar-refractivity contribution in [3.05, 3.63) is 112 Å². The van der Waals surface area contributed by atoms with Gasteiger partial charge in [-0.3, -0.25) is 9.59 Å². The zero-order valence-electron chi connectivity index (χ0n) is 19.1. The highest BCUT2D eigenvalue weighted by atomic mass is 16.2. The molecule has 0 saturated heterocycles. The molecule has 6 heteroatoms. The van der Waals surface area contributed by atoms with Crippen molar-refractivity contribution in [2.45, 2.75) is 5.92 Å². The summed E-state index contributed by atoms with van der Waals surface area (Å²) in [6.45, 7) is 0.392. The molecule has 34 heavy (non-hydrogen) atoms. The van der Waals surface area contributed by atoms with Crippen LogP contribution in [0.25, 0.3) is 21.8 Å². The van der Waals surface area contributed by atoms with Crippen LogP contribution in [0.2, 0.25) is 0 Å². The number of aromatic amines is 2. The molecule has 6 nitrogen and oxygen atoms in total. The van der Waals surface area contributed by atoms with E-state index in [2.05, 4.69) is 50.5 Å². The largest absolute Gasteiger partial charge is 0.378 e. The van der Waals surface area contributed by atoms with Crippen molar-refractivity contribution >= 4 is 33.4 Å². The third-order valence-electron chi connectivity index (χ3n) is 6.27. The third kappa shape index (κ3) is 4.06. The average Bonchev–Trinajstić information content (AvgIpc) is 3.28. The molecule has 5 aromatic rings. The molecule has 2 heterocycles. The van der Waals surface area contributed by atoms with Crippen molar-refractivity contribution in [1.82, 2.24) is 15.3 Å². The number of amides is 1. The Kier molecular flexibility index (Phi) is 5.64. The topological polar surface area (TPSA) is 81.0 Å². The number of hydrogen-bond donors (Lipinski definition) is 3. The Bertz CT molecular complexity index is 1530. The number of anilines is 1. The molecule has 0 aliphatic heterocycles. The Morgan fingerprint density at radius 2 is 1.59 bits per heavy atom. The minimum Gasteiger partial charge on any atom is -0.378 e. The van der Waals surface area contributed by atoms with Gasteiger partial charge in [0, 0.05) is 66.3 Å². The highest BCUT2D eigenvalue weighted by molar-refractivity contribution is 6.06. The number of H-pyrrole nitrogens is 2. The fraction of sp³-hybridized carbons (Fsp3) is 0.143. The van der Waals surface area contributed by atoms with Crippen molar-refractivity contribution in [1.29, 1.82) is 0 Å². The van der Waals surface area contributed by atoms with Gasteiger partial charge >= 0.3 is 0 Å². The first kappa shape index (κ1) is 21.5. The van der Waals surface area contributed by atoms with Crippen LogP contribution in [0, 0.1) is 0 Å². The van der Waals surface area contributed by atoms with Gasteiger partial charge in [0.15, 0.2) is 0 Å². The van der Waals surface area contributed by atoms with E-state index in [-0.39, 0.29) is 17.4 Å². The minimum atomic E-state index is -0.295. The second-order valence-electron chi connectivity index (χ2n) is 8.63. The van der Waals surface area contributed by atoms with E-state index in [1.54, 1.807) is 6.07 Å². The summed E-state index contributed by atoms with van der Waals surface area (Å²) < 4.78 is 0. The first-order valence-electron chi connectivity index (χ1n) is 11.2. The number of aromatic nitrogens is 2. The number of benzene rings is 3. The lowest BCUT2D eigenvalue weighted by molar-refractivity contribution is 0.0954. The number of carbonyl (C=O) groups is 1. The van der Waals surface area contributed by atoms with Gasteiger partial charge in [0.25, 0.3) is 5.91 Å². The van der Waals surface area contributed by atoms with Crippen LogP contribution in [0.4, 0.5) is 5.69 Å². The summed E-state index contributed by atoms with van der Waals surface area (Å²) in [6.07, 6.45) is 2.02. The molecular weight excluding hydrogens is 424 g/mol. The molecule has 3 aromatic carbocycles. The normalized spacial score (nSPS) is 12.1. The van der Waals surface area contributed by atoms with E-state index in [1.807, 2.05) is 56.7 Å². The first-order chi connectivity index (χ1) is 16.5. The quantitative estimate of drug-likeness (QED) is 0.353. The summed E-state index contributed by atoms with van der Waals surface area (Å²) in [5.74, 6) is -0.332. The van der Waals surface area contributed by atoms with Crippen LogP contribution in [0.15, 0.2) is 89.9 Å². The predicted octanol–water partition coefficient (Wildman–Crippen LogP) is 4.64. The number of pyridine rings is 1. The standard InChI is InChI=1S/C28H26N4O2/c1-32(2)19-13-11-18(12-14-19)23(24-17-29-25-9-5-3-8-21(24)25)16-30-28(34)22-15-27(33)31-26-10-6-4-7-20(22)26/h3-15,17,23,29H,16H2,1-2H3,(H,30,34)(H,31,33)/t23-/m1/s1. The van der Waals surface area contributed by atoms with E-state index in [1.165, 1.54) is 6.07 Å². The number of nitrogens with one attached hydrogen (secondary N) is 3. The average molecular weight is 451 g/mol. The van der Waals surface area contributed by atoms with E-state index in [4.69, 9.17) is 0 Å². The van der Waals surface area contributed by atoms with Crippen molar-refractivity contribution in [2.75, 3.05) is 25.5 Å². The molecule has 0 unspecified atom stereocenters. The summed E-state index contributed by atoms with van der Waals surface area (Å²) in [5.41, 5.74) is 5.11. The molecule has 0 spiro atoms. The molecule has 1 atom stereocenters. The van der Waals surface area contributed by atoms with Crippen molar-refractivity contribution in [3.63, 3.8) is 0 Å². The smallest absolute Gasteiger partial charge is 0.252 e. The summed E-state index contributed by atoms with van der Waals surface area (Å²) in [7, 11) is 4.02. The third-order valence-corrected chi connectivity index (χ3v) is 6.27. The van der Waals surface area contributed by atoms with Gasteiger partial charge in [-0.1, -0.05) is 48.5 Å². The van der Waals surface area contributed by atoms with Gasteiger partial charge in [0.1, 0.15) is 0 Å². The number of nitrogens with zero attached hydrogens (tertiary/aromatic N) is 1. The molecule has 0 bridgehead atoms. The van der Waals surface area contributed by atoms with E-state index in [9.17, 15) is 9.59 Å². The van der Waals surface area contributed by atoms with Crippen LogP contribution >= 0.6 is 0 Å². The van der Waals surface area contributed by atoms with Gasteiger partial charge in [0.2, 0.25) is 5.56 Å². The molecule has 0 fully saturated rings. The molecule has 0 radical (unpaired) electrons. The first-order valence-corrected chi connectivity index (χ1v) is 11.2. The molecular formula is C28H26N4O2. The second kappa shape index (κ2) is 8.90. The van der Waals surface area contributed by atoms with Crippen molar-refractivity contribution in [3.8, 4) is 0 Å². The summed E-state index contributed by atoms with van der Waals surface area (Å²) in [6, 6.07) is 25.3. The Labute approximate surface area is 197 Å². The molecule has 1 amide bonds. The number of carbonyl (C=O) groups excluding carboxylic acids is 1. The van der Waals surface area contributed by atoms with E-state index in [0.29, 0.717) is 17.6 Å². The van der Waals surface area contributed by atoms with E-state index in [0.717, 1.165) is 33.1 Å². The fourth-order valence-electron chi connectivity index (χ4n) is 4.48. The highest BCUT2D eigenvalue weighted by Gasteiger charge is 2.20. The summed E-state index contributed by atoms with van der Waals surface area (Å²) in [5, 5.41) is 4.94. The highest BCUT2D eigenvalue weighted by Crippen LogP contribution is 2.31. The zero-order chi connectivity index (χ0) is 23.7. The molecule has 2 aromatic heterocycles. The van der Waals surface area contributed by atoms with Gasteiger partial charge in [-0.15, -0.1) is 0 Å². The van der Waals surface area contributed by atoms with E-state index >= 15 is 0 Å². The molecule has 170 valence electrons. The van der Waals surface area contributed by atoms with Gasteiger partial charge < -0.3 is 20.2 Å². The van der Waals surface area contributed by atoms with Crippen LogP contribution in [0.3, 0.4) is 0 Å². The lowest BCUT2D eigenvalue weighted by Gasteiger charge is -2.20. The van der Waals surface area contributed by atoms with Crippen LogP contribution in [-0.4, -0.2) is 36.5 Å². The second-order valence-corrected chi connectivity index (χ2v) is 8.63. The van der Waals surface area contributed by atoms with Gasteiger partial charge in [-0.25, -0.2) is 0 Å². The maximum absolute atomic E-state index is 13.2. The van der Waals surface area contributed by atoms with Crippen LogP contribution < -0.4 is 15.8 Å². The Hall–Kier alpha value is -4.32. The molecule has 5 rings (SSSR count). The van der Waals surface area contributed by atoms with Crippen LogP contribution in [0.1, 0.15) is 27.4 Å². The lowest BCUT2D eigenvalue weighted by atomic mass is 9.90.